The number of para-hydroxylation sites is 2. The number of carbonyl (C=O) groups excluding carboxylic acids is 3. The Morgan fingerprint density at radius 3 is 2.71 bits per heavy atom. The van der Waals surface area contributed by atoms with Gasteiger partial charge in [-0.05, 0) is 30.2 Å². The van der Waals surface area contributed by atoms with Crippen molar-refractivity contribution in [3.63, 3.8) is 0 Å². The second-order valence-electron chi connectivity index (χ2n) is 6.69. The third-order valence-electron chi connectivity index (χ3n) is 4.23. The number of hydrogen-bond donors (Lipinski definition) is 1. The van der Waals surface area contributed by atoms with Crippen LogP contribution in [-0.2, 0) is 25.7 Å². The zero-order chi connectivity index (χ0) is 20.1. The molecule has 2 aromatic rings. The van der Waals surface area contributed by atoms with Crippen LogP contribution in [0.5, 0.6) is 5.75 Å². The highest BCUT2D eigenvalue weighted by Gasteiger charge is 2.31. The molecule has 0 unspecified atom stereocenters. The van der Waals surface area contributed by atoms with Crippen molar-refractivity contribution in [2.24, 2.45) is 5.92 Å². The summed E-state index contributed by atoms with van der Waals surface area (Å²) in [5, 5.41) is 2.69. The summed E-state index contributed by atoms with van der Waals surface area (Å²) in [6.45, 7) is 3.30. The zero-order valence-corrected chi connectivity index (χ0v) is 15.7. The number of furan rings is 1. The first-order valence-electron chi connectivity index (χ1n) is 8.97. The Kier molecular flexibility index (Phi) is 5.98. The largest absolute Gasteiger partial charge is 0.482 e. The molecule has 8 nitrogen and oxygen atoms in total. The summed E-state index contributed by atoms with van der Waals surface area (Å²) >= 11 is 0. The van der Waals surface area contributed by atoms with Crippen LogP contribution in [0.4, 0.5) is 5.69 Å². The fourth-order valence-corrected chi connectivity index (χ4v) is 2.82. The molecule has 1 aliphatic heterocycles. The van der Waals surface area contributed by atoms with Crippen molar-refractivity contribution >= 4 is 23.5 Å². The number of anilines is 1. The van der Waals surface area contributed by atoms with E-state index in [1.807, 2.05) is 0 Å². The highest BCUT2D eigenvalue weighted by atomic mass is 16.5. The number of ether oxygens (including phenoxy) is 2. The SMILES string of the molecule is CC(C)[C@H](OC(=O)CN1C(=O)COc2ccccc21)C(=O)NCc1ccco1. The van der Waals surface area contributed by atoms with Crippen molar-refractivity contribution in [2.45, 2.75) is 26.5 Å². The van der Waals surface area contributed by atoms with E-state index in [0.29, 0.717) is 17.2 Å². The zero-order valence-electron chi connectivity index (χ0n) is 15.7. The summed E-state index contributed by atoms with van der Waals surface area (Å²) in [7, 11) is 0. The molecule has 2 amide bonds. The van der Waals surface area contributed by atoms with Crippen molar-refractivity contribution < 1.29 is 28.3 Å². The number of amides is 2. The van der Waals surface area contributed by atoms with E-state index in [1.165, 1.54) is 11.2 Å². The second kappa shape index (κ2) is 8.60. The second-order valence-corrected chi connectivity index (χ2v) is 6.69. The van der Waals surface area contributed by atoms with Crippen molar-refractivity contribution in [3.8, 4) is 5.75 Å². The summed E-state index contributed by atoms with van der Waals surface area (Å²) in [6, 6.07) is 10.4. The topological polar surface area (TPSA) is 98.1 Å². The maximum Gasteiger partial charge on any atom is 0.326 e. The molecule has 28 heavy (non-hydrogen) atoms. The summed E-state index contributed by atoms with van der Waals surface area (Å²) in [5.41, 5.74) is 0.499. The number of esters is 1. The van der Waals surface area contributed by atoms with Crippen LogP contribution in [-0.4, -0.2) is 37.0 Å². The highest BCUT2D eigenvalue weighted by molar-refractivity contribution is 6.01. The smallest absolute Gasteiger partial charge is 0.326 e. The van der Waals surface area contributed by atoms with E-state index in [4.69, 9.17) is 13.9 Å². The lowest BCUT2D eigenvalue weighted by Gasteiger charge is -2.29. The minimum atomic E-state index is -0.978. The molecule has 1 aliphatic rings. The number of carbonyl (C=O) groups is 3. The molecular weight excluding hydrogens is 364 g/mol. The molecule has 0 radical (unpaired) electrons. The Bertz CT molecular complexity index is 846. The van der Waals surface area contributed by atoms with Crippen molar-refractivity contribution in [1.82, 2.24) is 5.32 Å². The summed E-state index contributed by atoms with van der Waals surface area (Å²) in [5.74, 6) is -0.568. The van der Waals surface area contributed by atoms with Crippen LogP contribution in [0, 0.1) is 5.92 Å². The van der Waals surface area contributed by atoms with Crippen LogP contribution in [0.15, 0.2) is 47.1 Å². The van der Waals surface area contributed by atoms with Gasteiger partial charge >= 0.3 is 5.97 Å². The maximum atomic E-state index is 12.5. The third kappa shape index (κ3) is 4.51. The molecule has 0 aliphatic carbocycles. The van der Waals surface area contributed by atoms with Crippen LogP contribution in [0.1, 0.15) is 19.6 Å². The molecule has 3 rings (SSSR count). The Labute approximate surface area is 162 Å². The normalized spacial score (nSPS) is 14.2. The lowest BCUT2D eigenvalue weighted by molar-refractivity contribution is -0.157. The first-order chi connectivity index (χ1) is 13.5. The predicted molar refractivity (Wildman–Crippen MR) is 99.6 cm³/mol. The number of nitrogens with one attached hydrogen (secondary N) is 1. The molecule has 0 saturated carbocycles. The van der Waals surface area contributed by atoms with Gasteiger partial charge in [-0.25, -0.2) is 0 Å². The van der Waals surface area contributed by atoms with E-state index in [2.05, 4.69) is 5.32 Å². The number of benzene rings is 1. The minimum absolute atomic E-state index is 0.151. The number of hydrogen-bond acceptors (Lipinski definition) is 6. The molecule has 0 spiro atoms. The van der Waals surface area contributed by atoms with Gasteiger partial charge in [-0.1, -0.05) is 26.0 Å². The standard InChI is InChI=1S/C20H22N2O6/c1-13(2)19(20(25)21-10-14-6-5-9-26-14)28-18(24)11-22-15-7-3-4-8-16(15)27-12-17(22)23/h3-9,13,19H,10-12H2,1-2H3,(H,21,25)/t19-/m0/s1. The molecule has 0 saturated heterocycles. The quantitative estimate of drug-likeness (QED) is 0.730. The average molecular weight is 386 g/mol. The van der Waals surface area contributed by atoms with Gasteiger partial charge in [0.1, 0.15) is 18.1 Å². The summed E-state index contributed by atoms with van der Waals surface area (Å²) in [6.07, 6.45) is 0.535. The van der Waals surface area contributed by atoms with Crippen molar-refractivity contribution in [2.75, 3.05) is 18.1 Å². The van der Waals surface area contributed by atoms with Crippen LogP contribution >= 0.6 is 0 Å². The monoisotopic (exact) mass is 386 g/mol. The Morgan fingerprint density at radius 1 is 1.21 bits per heavy atom. The predicted octanol–water partition coefficient (Wildman–Crippen LogP) is 1.89. The lowest BCUT2D eigenvalue weighted by Crippen LogP contribution is -2.45. The highest BCUT2D eigenvalue weighted by Crippen LogP contribution is 2.31. The van der Waals surface area contributed by atoms with Gasteiger partial charge in [0.15, 0.2) is 12.7 Å². The van der Waals surface area contributed by atoms with E-state index in [-0.39, 0.29) is 31.5 Å². The number of nitrogens with zero attached hydrogens (tertiary/aromatic N) is 1. The number of rotatable bonds is 7. The van der Waals surface area contributed by atoms with Gasteiger partial charge in [0.25, 0.3) is 11.8 Å². The van der Waals surface area contributed by atoms with E-state index < -0.39 is 18.0 Å². The van der Waals surface area contributed by atoms with Crippen molar-refractivity contribution in [1.29, 1.82) is 0 Å². The summed E-state index contributed by atoms with van der Waals surface area (Å²) in [4.78, 5) is 38.4. The van der Waals surface area contributed by atoms with Gasteiger partial charge in [-0.3, -0.25) is 19.3 Å². The molecular formula is C20H22N2O6. The molecule has 1 aromatic carbocycles. The minimum Gasteiger partial charge on any atom is -0.482 e. The summed E-state index contributed by atoms with van der Waals surface area (Å²) < 4.78 is 15.9. The van der Waals surface area contributed by atoms with Gasteiger partial charge in [0.05, 0.1) is 18.5 Å². The molecule has 1 atom stereocenters. The molecule has 0 fully saturated rings. The Hall–Kier alpha value is -3.29. The van der Waals surface area contributed by atoms with Gasteiger partial charge in [-0.15, -0.1) is 0 Å². The van der Waals surface area contributed by atoms with Gasteiger partial charge < -0.3 is 19.2 Å². The molecule has 0 bridgehead atoms. The third-order valence-corrected chi connectivity index (χ3v) is 4.23. The van der Waals surface area contributed by atoms with E-state index >= 15 is 0 Å². The fraction of sp³-hybridized carbons (Fsp3) is 0.350. The Morgan fingerprint density at radius 2 is 2.00 bits per heavy atom. The molecule has 1 aromatic heterocycles. The van der Waals surface area contributed by atoms with E-state index in [1.54, 1.807) is 50.2 Å². The van der Waals surface area contributed by atoms with E-state index in [0.717, 1.165) is 0 Å². The van der Waals surface area contributed by atoms with E-state index in [9.17, 15) is 14.4 Å². The van der Waals surface area contributed by atoms with Gasteiger partial charge in [0.2, 0.25) is 0 Å². The molecule has 1 N–H and O–H groups in total. The average Bonchev–Trinajstić information content (AvgIpc) is 3.20. The molecule has 8 heteroatoms. The van der Waals surface area contributed by atoms with Crippen LogP contribution in [0.25, 0.3) is 0 Å². The Balaban J connectivity index is 1.63. The molecule has 2 heterocycles. The fourth-order valence-electron chi connectivity index (χ4n) is 2.82. The van der Waals surface area contributed by atoms with Gasteiger partial charge in [0, 0.05) is 0 Å². The van der Waals surface area contributed by atoms with Crippen LogP contribution in [0.3, 0.4) is 0 Å². The van der Waals surface area contributed by atoms with Crippen LogP contribution < -0.4 is 15.0 Å². The van der Waals surface area contributed by atoms with Crippen LogP contribution in [0.2, 0.25) is 0 Å². The molecule has 148 valence electrons. The first-order valence-corrected chi connectivity index (χ1v) is 8.97. The lowest BCUT2D eigenvalue weighted by atomic mass is 10.1. The maximum absolute atomic E-state index is 12.5. The number of fused-ring (bicyclic) bond motifs is 1. The first kappa shape index (κ1) is 19.5. The van der Waals surface area contributed by atoms with Crippen molar-refractivity contribution in [3.05, 3.63) is 48.4 Å². The van der Waals surface area contributed by atoms with Gasteiger partial charge in [-0.2, -0.15) is 0 Å².